The van der Waals surface area contributed by atoms with Crippen molar-refractivity contribution in [3.63, 3.8) is 0 Å². The number of hydrogen-bond acceptors (Lipinski definition) is 6. The minimum Gasteiger partial charge on any atom is -0.486 e. The number of hydrogen-bond donors (Lipinski definition) is 2. The van der Waals surface area contributed by atoms with E-state index >= 15 is 4.39 Å². The normalized spacial score (nSPS) is 12.4. The number of aliphatic carboxylic acids is 1. The molecule has 2 aromatic carbocycles. The lowest BCUT2D eigenvalue weighted by atomic mass is 10.0. The lowest BCUT2D eigenvalue weighted by Crippen LogP contribution is -2.12. The number of rotatable bonds is 10. The molecule has 0 saturated heterocycles. The van der Waals surface area contributed by atoms with Gasteiger partial charge in [0, 0.05) is 34.9 Å². The molecule has 0 saturated carbocycles. The first-order valence-corrected chi connectivity index (χ1v) is 12.8. The molecule has 0 radical (unpaired) electrons. The predicted octanol–water partition coefficient (Wildman–Crippen LogP) is 7.49. The van der Waals surface area contributed by atoms with Crippen LogP contribution in [0.15, 0.2) is 35.9 Å². The number of nitrogens with one attached hydrogen (secondary N) is 1. The van der Waals surface area contributed by atoms with E-state index < -0.39 is 23.8 Å². The van der Waals surface area contributed by atoms with Gasteiger partial charge < -0.3 is 14.6 Å². The second kappa shape index (κ2) is 12.5. The molecule has 37 heavy (non-hydrogen) atoms. The highest BCUT2D eigenvalue weighted by Crippen LogP contribution is 2.41. The number of aromatic nitrogens is 1. The van der Waals surface area contributed by atoms with Gasteiger partial charge >= 0.3 is 5.97 Å². The minimum absolute atomic E-state index is 0.0335. The first-order valence-electron chi connectivity index (χ1n) is 11.2. The fourth-order valence-electron chi connectivity index (χ4n) is 3.61. The van der Waals surface area contributed by atoms with Crippen molar-refractivity contribution >= 4 is 57.6 Å². The number of amides is 1. The second-order valence-corrected chi connectivity index (χ2v) is 9.80. The SMILES string of the molecule is CCCC(OC)c1cccc(-c2nc(NC(=O)c3cc(Cl)c(C=C(C)C(=O)O)c(Cl)c3)sc2OC)c1F. The summed E-state index contributed by atoms with van der Waals surface area (Å²) in [5.74, 6) is -2.15. The molecule has 0 aliphatic heterocycles. The average molecular weight is 567 g/mol. The molecule has 1 amide bonds. The summed E-state index contributed by atoms with van der Waals surface area (Å²) >= 11 is 13.6. The van der Waals surface area contributed by atoms with Crippen molar-refractivity contribution in [3.8, 4) is 16.3 Å². The molecular formula is C26H25Cl2FN2O5S. The standard InChI is InChI=1S/C26H25Cl2FN2O5S/c1-5-7-20(35-3)15-8-6-9-16(21(15)29)22-25(36-4)37-26(30-22)31-23(32)14-11-18(27)17(19(28)12-14)10-13(2)24(33)34/h6,8-12,20H,5,7H2,1-4H3,(H,33,34)(H,30,31,32). The summed E-state index contributed by atoms with van der Waals surface area (Å²) in [6.07, 6.45) is 2.40. The van der Waals surface area contributed by atoms with Gasteiger partial charge in [-0.05, 0) is 37.6 Å². The summed E-state index contributed by atoms with van der Waals surface area (Å²) in [5.41, 5.74) is 1.33. The number of anilines is 1. The van der Waals surface area contributed by atoms with Crippen LogP contribution in [0.25, 0.3) is 17.3 Å². The van der Waals surface area contributed by atoms with Crippen molar-refractivity contribution in [2.45, 2.75) is 32.8 Å². The molecular weight excluding hydrogens is 542 g/mol. The number of halogens is 3. The van der Waals surface area contributed by atoms with Crippen LogP contribution in [0, 0.1) is 5.82 Å². The van der Waals surface area contributed by atoms with Crippen LogP contribution in [0.1, 0.15) is 54.3 Å². The van der Waals surface area contributed by atoms with Crippen molar-refractivity contribution in [1.82, 2.24) is 4.98 Å². The number of methoxy groups -OCH3 is 2. The molecule has 196 valence electrons. The van der Waals surface area contributed by atoms with Crippen LogP contribution < -0.4 is 10.1 Å². The van der Waals surface area contributed by atoms with E-state index in [9.17, 15) is 9.59 Å². The Labute approximate surface area is 227 Å². The molecule has 7 nitrogen and oxygen atoms in total. The summed E-state index contributed by atoms with van der Waals surface area (Å²) in [6, 6.07) is 7.73. The largest absolute Gasteiger partial charge is 0.486 e. The van der Waals surface area contributed by atoms with Crippen LogP contribution in [0.4, 0.5) is 9.52 Å². The van der Waals surface area contributed by atoms with Gasteiger partial charge in [0.2, 0.25) is 5.06 Å². The summed E-state index contributed by atoms with van der Waals surface area (Å²) in [5, 5.41) is 12.5. The Morgan fingerprint density at radius 1 is 1.24 bits per heavy atom. The number of carbonyl (C=O) groups is 2. The van der Waals surface area contributed by atoms with Gasteiger partial charge in [-0.1, -0.05) is 60.0 Å². The van der Waals surface area contributed by atoms with Crippen molar-refractivity contribution in [3.05, 3.63) is 68.5 Å². The highest BCUT2D eigenvalue weighted by Gasteiger charge is 2.23. The molecule has 0 aliphatic carbocycles. The number of benzene rings is 2. The van der Waals surface area contributed by atoms with Crippen molar-refractivity contribution in [1.29, 1.82) is 0 Å². The fourth-order valence-corrected chi connectivity index (χ4v) is 5.00. The van der Waals surface area contributed by atoms with Gasteiger partial charge in [-0.2, -0.15) is 0 Å². The minimum atomic E-state index is -1.12. The highest BCUT2D eigenvalue weighted by atomic mass is 35.5. The van der Waals surface area contributed by atoms with Crippen LogP contribution in [0.3, 0.4) is 0 Å². The first-order chi connectivity index (χ1) is 17.6. The zero-order chi connectivity index (χ0) is 27.3. The third kappa shape index (κ3) is 6.48. The van der Waals surface area contributed by atoms with Gasteiger partial charge in [-0.3, -0.25) is 10.1 Å². The van der Waals surface area contributed by atoms with Crippen LogP contribution >= 0.6 is 34.5 Å². The maximum Gasteiger partial charge on any atom is 0.331 e. The van der Waals surface area contributed by atoms with Crippen molar-refractivity contribution < 1.29 is 28.6 Å². The van der Waals surface area contributed by atoms with Crippen LogP contribution in [-0.2, 0) is 9.53 Å². The summed E-state index contributed by atoms with van der Waals surface area (Å²) < 4.78 is 26.4. The highest BCUT2D eigenvalue weighted by molar-refractivity contribution is 7.18. The summed E-state index contributed by atoms with van der Waals surface area (Å²) in [6.45, 7) is 3.40. The molecule has 11 heteroatoms. The Bertz CT molecular complexity index is 1340. The number of thiazole rings is 1. The first kappa shape index (κ1) is 28.6. The smallest absolute Gasteiger partial charge is 0.331 e. The monoisotopic (exact) mass is 566 g/mol. The van der Waals surface area contributed by atoms with E-state index in [0.29, 0.717) is 17.0 Å². The van der Waals surface area contributed by atoms with Crippen molar-refractivity contribution in [2.75, 3.05) is 19.5 Å². The molecule has 1 atom stereocenters. The van der Waals surface area contributed by atoms with E-state index in [1.807, 2.05) is 6.92 Å². The molecule has 1 unspecified atom stereocenters. The molecule has 1 aromatic heterocycles. The summed E-state index contributed by atoms with van der Waals surface area (Å²) in [7, 11) is 2.97. The predicted molar refractivity (Wildman–Crippen MR) is 144 cm³/mol. The lowest BCUT2D eigenvalue weighted by Gasteiger charge is -2.17. The number of carboxylic acid groups (broad SMARTS) is 1. The molecule has 3 aromatic rings. The molecule has 2 N–H and O–H groups in total. The molecule has 1 heterocycles. The topological polar surface area (TPSA) is 97.8 Å². The van der Waals surface area contributed by atoms with Gasteiger partial charge in [0.05, 0.1) is 23.3 Å². The van der Waals surface area contributed by atoms with E-state index in [1.54, 1.807) is 18.2 Å². The molecule has 0 fully saturated rings. The Balaban J connectivity index is 1.93. The van der Waals surface area contributed by atoms with Crippen molar-refractivity contribution in [2.24, 2.45) is 0 Å². The third-order valence-corrected chi connectivity index (χ3v) is 7.06. The Morgan fingerprint density at radius 3 is 2.49 bits per heavy atom. The zero-order valence-electron chi connectivity index (χ0n) is 20.5. The quantitative estimate of drug-likeness (QED) is 0.246. The Hall–Kier alpha value is -2.98. The third-order valence-electron chi connectivity index (χ3n) is 5.51. The molecule has 3 rings (SSSR count). The van der Waals surface area contributed by atoms with E-state index in [-0.39, 0.29) is 43.1 Å². The molecule has 0 aliphatic rings. The lowest BCUT2D eigenvalue weighted by molar-refractivity contribution is -0.132. The van der Waals surface area contributed by atoms with E-state index in [2.05, 4.69) is 10.3 Å². The Morgan fingerprint density at radius 2 is 1.92 bits per heavy atom. The number of nitrogens with zero attached hydrogens (tertiary/aromatic N) is 1. The van der Waals surface area contributed by atoms with E-state index in [0.717, 1.165) is 17.8 Å². The zero-order valence-corrected chi connectivity index (χ0v) is 22.9. The van der Waals surface area contributed by atoms with Gasteiger partial charge in [-0.25, -0.2) is 14.2 Å². The van der Waals surface area contributed by atoms with Crippen LogP contribution in [0.2, 0.25) is 10.0 Å². The van der Waals surface area contributed by atoms with Gasteiger partial charge in [-0.15, -0.1) is 0 Å². The fraction of sp³-hybridized carbons (Fsp3) is 0.269. The molecule has 0 spiro atoms. The van der Waals surface area contributed by atoms with Gasteiger partial charge in [0.15, 0.2) is 5.13 Å². The number of carbonyl (C=O) groups excluding carboxylic acids is 1. The average Bonchev–Trinajstić information content (AvgIpc) is 3.27. The Kier molecular flexibility index (Phi) is 9.67. The van der Waals surface area contributed by atoms with E-state index in [1.165, 1.54) is 39.4 Å². The van der Waals surface area contributed by atoms with E-state index in [4.69, 9.17) is 37.8 Å². The second-order valence-electron chi connectivity index (χ2n) is 8.02. The number of carboxylic acids is 1. The van der Waals surface area contributed by atoms with Crippen LogP contribution in [0.5, 0.6) is 5.06 Å². The maximum atomic E-state index is 15.5. The summed E-state index contributed by atoms with van der Waals surface area (Å²) in [4.78, 5) is 28.4. The van der Waals surface area contributed by atoms with Gasteiger partial charge in [0.25, 0.3) is 5.91 Å². The van der Waals surface area contributed by atoms with Crippen LogP contribution in [-0.4, -0.2) is 36.2 Å². The number of ether oxygens (including phenoxy) is 2. The molecule has 0 bridgehead atoms. The van der Waals surface area contributed by atoms with Gasteiger partial charge in [0.1, 0.15) is 11.5 Å². The maximum absolute atomic E-state index is 15.5.